The monoisotopic (exact) mass is 242 g/mol. The summed E-state index contributed by atoms with van der Waals surface area (Å²) in [6, 6.07) is 0. The maximum absolute atomic E-state index is 11.1. The average molecular weight is 242 g/mol. The van der Waals surface area contributed by atoms with Crippen LogP contribution in [0.4, 0.5) is 0 Å². The first-order valence-electron chi connectivity index (χ1n) is 6.18. The third-order valence-electron chi connectivity index (χ3n) is 2.11. The molecule has 0 saturated carbocycles. The fourth-order valence-corrected chi connectivity index (χ4v) is 1.24. The molecule has 1 atom stereocenters. The van der Waals surface area contributed by atoms with Crippen LogP contribution in [0, 0.1) is 5.92 Å². The molecule has 4 heteroatoms. The number of rotatable bonds is 5. The second-order valence-corrected chi connectivity index (χ2v) is 6.07. The Morgan fingerprint density at radius 3 is 2.06 bits per heavy atom. The van der Waals surface area contributed by atoms with Gasteiger partial charge in [0.1, 0.15) is 0 Å². The van der Waals surface area contributed by atoms with Crippen molar-refractivity contribution >= 4 is 5.97 Å². The van der Waals surface area contributed by atoms with Crippen LogP contribution in [0.1, 0.15) is 61.3 Å². The van der Waals surface area contributed by atoms with Crippen LogP contribution in [0.3, 0.4) is 0 Å². The molecule has 0 saturated heterocycles. The summed E-state index contributed by atoms with van der Waals surface area (Å²) >= 11 is 0. The minimum absolute atomic E-state index is 0.251. The Kier molecular flexibility index (Phi) is 5.79. The molecule has 0 aromatic carbocycles. The lowest BCUT2D eigenvalue weighted by Crippen LogP contribution is -2.29. The quantitative estimate of drug-likeness (QED) is 0.541. The summed E-state index contributed by atoms with van der Waals surface area (Å²) in [5.41, 5.74) is -1.08. The highest BCUT2D eigenvalue weighted by molar-refractivity contribution is 5.66. The number of hydrogen-bond acceptors (Lipinski definition) is 4. The second kappa shape index (κ2) is 6.12. The van der Waals surface area contributed by atoms with E-state index in [0.29, 0.717) is 12.3 Å². The predicted octanol–water partition coefficient (Wildman–Crippen LogP) is 3.95. The highest BCUT2D eigenvalue weighted by Gasteiger charge is 2.28. The molecule has 0 aliphatic carbocycles. The number of carbonyl (C=O) groups is 1. The largest absolute Gasteiger partial charge is 0.436 e. The molecular weight excluding hydrogens is 216 g/mol. The van der Waals surface area contributed by atoms with E-state index in [-0.39, 0.29) is 11.5 Å². The molecule has 0 aliphatic heterocycles. The van der Waals surface area contributed by atoms with Gasteiger partial charge in [-0.3, -0.25) is 4.79 Å². The molecule has 0 N–H and O–H groups in total. The SMILES string of the molecule is CC(=O)OC(C)(CCC(C)C)/N=N/C(C)(C)C. The van der Waals surface area contributed by atoms with Gasteiger partial charge in [0.05, 0.1) is 5.54 Å². The first kappa shape index (κ1) is 16.1. The van der Waals surface area contributed by atoms with E-state index in [4.69, 9.17) is 4.74 Å². The third kappa shape index (κ3) is 8.83. The van der Waals surface area contributed by atoms with Crippen LogP contribution in [-0.2, 0) is 9.53 Å². The molecule has 0 bridgehead atoms. The zero-order valence-corrected chi connectivity index (χ0v) is 12.2. The Morgan fingerprint density at radius 2 is 1.71 bits per heavy atom. The minimum Gasteiger partial charge on any atom is -0.436 e. The molecule has 17 heavy (non-hydrogen) atoms. The van der Waals surface area contributed by atoms with Crippen LogP contribution in [0.2, 0.25) is 0 Å². The van der Waals surface area contributed by atoms with Gasteiger partial charge in [0.15, 0.2) is 0 Å². The van der Waals surface area contributed by atoms with Crippen molar-refractivity contribution in [2.24, 2.45) is 16.1 Å². The van der Waals surface area contributed by atoms with Crippen LogP contribution in [-0.4, -0.2) is 17.2 Å². The maximum atomic E-state index is 11.1. The van der Waals surface area contributed by atoms with Crippen molar-refractivity contribution < 1.29 is 9.53 Å². The van der Waals surface area contributed by atoms with Crippen molar-refractivity contribution in [1.82, 2.24) is 0 Å². The number of esters is 1. The van der Waals surface area contributed by atoms with Crippen LogP contribution >= 0.6 is 0 Å². The molecule has 100 valence electrons. The molecule has 0 aromatic rings. The van der Waals surface area contributed by atoms with Gasteiger partial charge in [0.2, 0.25) is 5.72 Å². The standard InChI is InChI=1S/C13H26N2O2/c1-10(2)8-9-13(7,17-11(3)16)15-14-12(4,5)6/h10H,8-9H2,1-7H3/b15-14+. The van der Waals surface area contributed by atoms with E-state index in [1.165, 1.54) is 6.92 Å². The average Bonchev–Trinajstić information content (AvgIpc) is 2.10. The minimum atomic E-state index is -0.830. The van der Waals surface area contributed by atoms with E-state index in [1.54, 1.807) is 0 Å². The lowest BCUT2D eigenvalue weighted by molar-refractivity contribution is -0.156. The molecule has 0 aliphatic rings. The smallest absolute Gasteiger partial charge is 0.304 e. The molecule has 4 nitrogen and oxygen atoms in total. The van der Waals surface area contributed by atoms with Crippen molar-refractivity contribution in [2.45, 2.75) is 72.6 Å². The van der Waals surface area contributed by atoms with Gasteiger partial charge in [-0.25, -0.2) is 0 Å². The highest BCUT2D eigenvalue weighted by atomic mass is 16.6. The van der Waals surface area contributed by atoms with Crippen LogP contribution in [0.25, 0.3) is 0 Å². The lowest BCUT2D eigenvalue weighted by Gasteiger charge is -2.25. The van der Waals surface area contributed by atoms with Gasteiger partial charge < -0.3 is 4.74 Å². The zero-order chi connectivity index (χ0) is 13.7. The molecule has 0 amide bonds. The molecule has 0 fully saturated rings. The summed E-state index contributed by atoms with van der Waals surface area (Å²) in [5.74, 6) is 0.235. The lowest BCUT2D eigenvalue weighted by atomic mass is 10.0. The number of carbonyl (C=O) groups excluding carboxylic acids is 1. The molecular formula is C13H26N2O2. The number of nitrogens with zero attached hydrogens (tertiary/aromatic N) is 2. The molecule has 0 heterocycles. The summed E-state index contributed by atoms with van der Waals surface area (Å²) in [4.78, 5) is 11.1. The van der Waals surface area contributed by atoms with E-state index in [1.807, 2.05) is 27.7 Å². The Balaban J connectivity index is 4.72. The fraction of sp³-hybridized carbons (Fsp3) is 0.923. The van der Waals surface area contributed by atoms with Gasteiger partial charge >= 0.3 is 5.97 Å². The first-order valence-corrected chi connectivity index (χ1v) is 6.18. The molecule has 0 spiro atoms. The van der Waals surface area contributed by atoms with Crippen LogP contribution < -0.4 is 0 Å². The summed E-state index contributed by atoms with van der Waals surface area (Å²) in [7, 11) is 0. The predicted molar refractivity (Wildman–Crippen MR) is 68.9 cm³/mol. The molecule has 0 rings (SSSR count). The van der Waals surface area contributed by atoms with Gasteiger partial charge in [-0.15, -0.1) is 5.11 Å². The molecule has 0 radical (unpaired) electrons. The van der Waals surface area contributed by atoms with Crippen molar-refractivity contribution in [1.29, 1.82) is 0 Å². The summed E-state index contributed by atoms with van der Waals surface area (Å²) in [5, 5.41) is 8.43. The zero-order valence-electron chi connectivity index (χ0n) is 12.2. The van der Waals surface area contributed by atoms with Gasteiger partial charge in [-0.2, -0.15) is 5.11 Å². The van der Waals surface area contributed by atoms with Crippen molar-refractivity contribution in [3.8, 4) is 0 Å². The Bertz CT molecular complexity index is 280. The van der Waals surface area contributed by atoms with E-state index in [0.717, 1.165) is 6.42 Å². The van der Waals surface area contributed by atoms with Crippen molar-refractivity contribution in [3.63, 3.8) is 0 Å². The molecule has 1 unspecified atom stereocenters. The second-order valence-electron chi connectivity index (χ2n) is 6.07. The summed E-state index contributed by atoms with van der Waals surface area (Å²) in [6.07, 6.45) is 1.65. The van der Waals surface area contributed by atoms with Crippen molar-refractivity contribution in [3.05, 3.63) is 0 Å². The maximum Gasteiger partial charge on any atom is 0.304 e. The van der Waals surface area contributed by atoms with Crippen LogP contribution in [0.15, 0.2) is 10.2 Å². The van der Waals surface area contributed by atoms with E-state index < -0.39 is 5.72 Å². The van der Waals surface area contributed by atoms with E-state index in [2.05, 4.69) is 24.1 Å². The first-order chi connectivity index (χ1) is 7.54. The van der Waals surface area contributed by atoms with Gasteiger partial charge in [-0.1, -0.05) is 13.8 Å². The van der Waals surface area contributed by atoms with Crippen LogP contribution in [0.5, 0.6) is 0 Å². The fourth-order valence-electron chi connectivity index (χ4n) is 1.24. The number of azo groups is 1. The van der Waals surface area contributed by atoms with E-state index in [9.17, 15) is 4.79 Å². The van der Waals surface area contributed by atoms with Gasteiger partial charge in [-0.05, 0) is 40.0 Å². The normalized spacial score (nSPS) is 16.2. The topological polar surface area (TPSA) is 51.0 Å². The summed E-state index contributed by atoms with van der Waals surface area (Å²) in [6.45, 7) is 13.4. The highest BCUT2D eigenvalue weighted by Crippen LogP contribution is 2.24. The number of hydrogen-bond donors (Lipinski definition) is 0. The van der Waals surface area contributed by atoms with E-state index >= 15 is 0 Å². The number of ether oxygens (including phenoxy) is 1. The Morgan fingerprint density at radius 1 is 1.18 bits per heavy atom. The molecule has 0 aromatic heterocycles. The van der Waals surface area contributed by atoms with Crippen molar-refractivity contribution in [2.75, 3.05) is 0 Å². The summed E-state index contributed by atoms with van der Waals surface area (Å²) < 4.78 is 5.28. The Labute approximate surface area is 105 Å². The van der Waals surface area contributed by atoms with Gasteiger partial charge in [0, 0.05) is 13.3 Å². The third-order valence-corrected chi connectivity index (χ3v) is 2.11. The van der Waals surface area contributed by atoms with Gasteiger partial charge in [0.25, 0.3) is 0 Å². The Hall–Kier alpha value is -0.930.